The van der Waals surface area contributed by atoms with E-state index in [0.29, 0.717) is 13.1 Å². The number of benzene rings is 1. The van der Waals surface area contributed by atoms with E-state index in [0.717, 1.165) is 36.5 Å². The van der Waals surface area contributed by atoms with Gasteiger partial charge in [0.15, 0.2) is 0 Å². The normalized spacial score (nSPS) is 17.4. The van der Waals surface area contributed by atoms with E-state index in [1.807, 2.05) is 0 Å². The smallest absolute Gasteiger partial charge is 0.251 e. The second-order valence-corrected chi connectivity index (χ2v) is 6.04. The van der Waals surface area contributed by atoms with Crippen molar-refractivity contribution >= 4 is 5.91 Å². The van der Waals surface area contributed by atoms with E-state index in [1.54, 1.807) is 12.0 Å². The predicted molar refractivity (Wildman–Crippen MR) is 86.0 cm³/mol. The van der Waals surface area contributed by atoms with Crippen LogP contribution in [0.25, 0.3) is 0 Å². The first kappa shape index (κ1) is 16.8. The van der Waals surface area contributed by atoms with E-state index in [-0.39, 0.29) is 5.91 Å². The molecule has 1 aliphatic rings. The molecule has 1 atom stereocenters. The number of hydrogen-bond donors (Lipinski definition) is 1. The lowest BCUT2D eigenvalue weighted by atomic mass is 10.0. The molecule has 1 aliphatic heterocycles. The maximum absolute atomic E-state index is 11.8. The molecule has 122 valence electrons. The number of ether oxygens (including phenoxy) is 1. The molecule has 5 heteroatoms. The van der Waals surface area contributed by atoms with E-state index in [4.69, 9.17) is 4.74 Å². The third-order valence-corrected chi connectivity index (χ3v) is 4.17. The van der Waals surface area contributed by atoms with E-state index in [2.05, 4.69) is 30.9 Å². The quantitative estimate of drug-likeness (QED) is 0.912. The Kier molecular flexibility index (Phi) is 5.42. The summed E-state index contributed by atoms with van der Waals surface area (Å²) in [6.45, 7) is 9.56. The first-order chi connectivity index (χ1) is 10.4. The Bertz CT molecular complexity index is 512. The van der Waals surface area contributed by atoms with E-state index < -0.39 is 6.10 Å². The summed E-state index contributed by atoms with van der Waals surface area (Å²) in [5, 5.41) is 9.37. The molecule has 1 N–H and O–H groups in total. The zero-order valence-electron chi connectivity index (χ0n) is 13.9. The minimum atomic E-state index is -0.904. The lowest BCUT2D eigenvalue weighted by Crippen LogP contribution is -2.50. The van der Waals surface area contributed by atoms with Gasteiger partial charge in [-0.05, 0) is 37.5 Å². The van der Waals surface area contributed by atoms with Crippen LogP contribution < -0.4 is 4.74 Å². The molecule has 0 saturated carbocycles. The van der Waals surface area contributed by atoms with E-state index >= 15 is 0 Å². The molecule has 0 spiro atoms. The fourth-order valence-electron chi connectivity index (χ4n) is 3.10. The van der Waals surface area contributed by atoms with Crippen LogP contribution in [0, 0.1) is 13.8 Å². The fourth-order valence-corrected chi connectivity index (χ4v) is 3.10. The van der Waals surface area contributed by atoms with Crippen LogP contribution in [0.4, 0.5) is 0 Å². The molecule has 0 aromatic heterocycles. The topological polar surface area (TPSA) is 53.0 Å². The summed E-state index contributed by atoms with van der Waals surface area (Å²) in [5.74, 6) is 0.784. The number of amides is 1. The van der Waals surface area contributed by atoms with Gasteiger partial charge in [0.1, 0.15) is 11.9 Å². The van der Waals surface area contributed by atoms with Gasteiger partial charge in [-0.1, -0.05) is 12.1 Å². The Morgan fingerprint density at radius 1 is 1.23 bits per heavy atom. The van der Waals surface area contributed by atoms with Gasteiger partial charge in [0, 0.05) is 32.7 Å². The molecule has 1 saturated heterocycles. The van der Waals surface area contributed by atoms with Gasteiger partial charge in [-0.2, -0.15) is 0 Å². The Morgan fingerprint density at radius 3 is 2.23 bits per heavy atom. The highest BCUT2D eigenvalue weighted by Gasteiger charge is 2.23. The summed E-state index contributed by atoms with van der Waals surface area (Å²) in [6.07, 6.45) is -0.904. The summed E-state index contributed by atoms with van der Waals surface area (Å²) in [6, 6.07) is 4.33. The van der Waals surface area contributed by atoms with Gasteiger partial charge in [-0.3, -0.25) is 9.69 Å². The zero-order valence-corrected chi connectivity index (χ0v) is 13.9. The molecule has 1 aromatic carbocycles. The van der Waals surface area contributed by atoms with Crippen molar-refractivity contribution in [2.75, 3.05) is 33.3 Å². The maximum atomic E-state index is 11.8. The summed E-state index contributed by atoms with van der Waals surface area (Å²) >= 11 is 0. The molecule has 22 heavy (non-hydrogen) atoms. The van der Waals surface area contributed by atoms with E-state index in [1.165, 1.54) is 12.5 Å². The van der Waals surface area contributed by atoms with Crippen LogP contribution in [0.1, 0.15) is 23.6 Å². The van der Waals surface area contributed by atoms with Gasteiger partial charge < -0.3 is 14.7 Å². The second kappa shape index (κ2) is 7.11. The summed E-state index contributed by atoms with van der Waals surface area (Å²) in [7, 11) is 1.70. The second-order valence-electron chi connectivity index (χ2n) is 6.04. The monoisotopic (exact) mass is 306 g/mol. The average molecular weight is 306 g/mol. The number of rotatable bonds is 4. The van der Waals surface area contributed by atoms with Crippen LogP contribution >= 0.6 is 0 Å². The van der Waals surface area contributed by atoms with Crippen LogP contribution in [-0.2, 0) is 11.3 Å². The number of piperazine rings is 1. The molecule has 2 rings (SSSR count). The fraction of sp³-hybridized carbons (Fsp3) is 0.588. The number of nitrogens with zero attached hydrogens (tertiary/aromatic N) is 2. The van der Waals surface area contributed by atoms with Gasteiger partial charge in [0.2, 0.25) is 0 Å². The molecular formula is C17H26N2O3. The van der Waals surface area contributed by atoms with Crippen molar-refractivity contribution in [3.63, 3.8) is 0 Å². The van der Waals surface area contributed by atoms with Crippen molar-refractivity contribution in [3.05, 3.63) is 28.8 Å². The van der Waals surface area contributed by atoms with Gasteiger partial charge in [-0.15, -0.1) is 0 Å². The average Bonchev–Trinajstić information content (AvgIpc) is 2.47. The molecule has 1 heterocycles. The van der Waals surface area contributed by atoms with Crippen molar-refractivity contribution in [1.82, 2.24) is 9.80 Å². The Hall–Kier alpha value is -1.59. The Morgan fingerprint density at radius 2 is 1.77 bits per heavy atom. The van der Waals surface area contributed by atoms with E-state index in [9.17, 15) is 9.90 Å². The molecule has 1 fully saturated rings. The van der Waals surface area contributed by atoms with Gasteiger partial charge in [-0.25, -0.2) is 0 Å². The Balaban J connectivity index is 1.95. The number of aliphatic hydroxyl groups is 1. The minimum absolute atomic E-state index is 0.171. The number of carbonyl (C=O) groups is 1. The molecule has 0 bridgehead atoms. The zero-order chi connectivity index (χ0) is 16.3. The molecule has 1 unspecified atom stereocenters. The summed E-state index contributed by atoms with van der Waals surface area (Å²) in [4.78, 5) is 15.8. The van der Waals surface area contributed by atoms with Crippen molar-refractivity contribution in [2.24, 2.45) is 0 Å². The number of aliphatic hydroxyl groups excluding tert-OH is 1. The molecule has 1 amide bonds. The number of carbonyl (C=O) groups excluding carboxylic acids is 1. The van der Waals surface area contributed by atoms with Crippen LogP contribution in [-0.4, -0.2) is 60.2 Å². The first-order valence-corrected chi connectivity index (χ1v) is 7.75. The van der Waals surface area contributed by atoms with Crippen LogP contribution in [0.2, 0.25) is 0 Å². The SMILES string of the molecule is COc1c(C)cc(CN2CCN(C(=O)C(C)O)CC2)cc1C. The largest absolute Gasteiger partial charge is 0.496 e. The lowest BCUT2D eigenvalue weighted by Gasteiger charge is -2.35. The Labute approximate surface area is 132 Å². The first-order valence-electron chi connectivity index (χ1n) is 7.75. The third-order valence-electron chi connectivity index (χ3n) is 4.17. The third kappa shape index (κ3) is 3.78. The highest BCUT2D eigenvalue weighted by atomic mass is 16.5. The van der Waals surface area contributed by atoms with Crippen LogP contribution in [0.15, 0.2) is 12.1 Å². The molecule has 1 aromatic rings. The predicted octanol–water partition coefficient (Wildman–Crippen LogP) is 1.34. The molecule has 0 radical (unpaired) electrons. The lowest BCUT2D eigenvalue weighted by molar-refractivity contribution is -0.141. The molecular weight excluding hydrogens is 280 g/mol. The van der Waals surface area contributed by atoms with Gasteiger partial charge in [0.25, 0.3) is 5.91 Å². The minimum Gasteiger partial charge on any atom is -0.496 e. The number of hydrogen-bond acceptors (Lipinski definition) is 4. The van der Waals surface area contributed by atoms with Gasteiger partial charge >= 0.3 is 0 Å². The number of methoxy groups -OCH3 is 1. The summed E-state index contributed by atoms with van der Waals surface area (Å²) in [5.41, 5.74) is 3.58. The van der Waals surface area contributed by atoms with Crippen molar-refractivity contribution in [2.45, 2.75) is 33.4 Å². The van der Waals surface area contributed by atoms with Crippen molar-refractivity contribution in [1.29, 1.82) is 0 Å². The highest BCUT2D eigenvalue weighted by molar-refractivity contribution is 5.80. The standard InChI is InChI=1S/C17H26N2O3/c1-12-9-15(10-13(2)16(12)22-4)11-18-5-7-19(8-6-18)17(21)14(3)20/h9-10,14,20H,5-8,11H2,1-4H3. The van der Waals surface area contributed by atoms with Crippen LogP contribution in [0.5, 0.6) is 5.75 Å². The summed E-state index contributed by atoms with van der Waals surface area (Å²) < 4.78 is 5.40. The highest BCUT2D eigenvalue weighted by Crippen LogP contribution is 2.25. The molecule has 0 aliphatic carbocycles. The van der Waals surface area contributed by atoms with Gasteiger partial charge in [0.05, 0.1) is 7.11 Å². The van der Waals surface area contributed by atoms with Crippen molar-refractivity contribution in [3.8, 4) is 5.75 Å². The van der Waals surface area contributed by atoms with Crippen molar-refractivity contribution < 1.29 is 14.6 Å². The number of aryl methyl sites for hydroxylation is 2. The maximum Gasteiger partial charge on any atom is 0.251 e. The molecule has 5 nitrogen and oxygen atoms in total. The van der Waals surface area contributed by atoms with Crippen LogP contribution in [0.3, 0.4) is 0 Å².